The van der Waals surface area contributed by atoms with Crippen molar-refractivity contribution in [3.05, 3.63) is 48.2 Å². The third kappa shape index (κ3) is 4.45. The summed E-state index contributed by atoms with van der Waals surface area (Å²) in [5.41, 5.74) is 1.19. The number of carbonyl (C=O) groups excluding carboxylic acids is 1. The summed E-state index contributed by atoms with van der Waals surface area (Å²) < 4.78 is 27.0. The van der Waals surface area contributed by atoms with E-state index >= 15 is 0 Å². The van der Waals surface area contributed by atoms with E-state index in [0.717, 1.165) is 0 Å². The normalized spacial score (nSPS) is 10.9. The van der Waals surface area contributed by atoms with Crippen molar-refractivity contribution >= 4 is 27.6 Å². The van der Waals surface area contributed by atoms with E-state index in [2.05, 4.69) is 15.6 Å². The SMILES string of the molecule is CCNC(=O)NS(=O)(=O)c1cc(Nc2ccccn2)ccc1CC. The number of aryl methyl sites for hydroxylation is 1. The number of hydrogen-bond donors (Lipinski definition) is 3. The molecule has 3 N–H and O–H groups in total. The molecule has 1 aromatic heterocycles. The second kappa shape index (κ2) is 7.78. The van der Waals surface area contributed by atoms with Gasteiger partial charge in [0, 0.05) is 18.4 Å². The zero-order valence-electron chi connectivity index (χ0n) is 13.5. The Morgan fingerprint density at radius 2 is 1.96 bits per heavy atom. The number of amides is 2. The minimum atomic E-state index is -3.96. The van der Waals surface area contributed by atoms with Crippen LogP contribution in [0.2, 0.25) is 0 Å². The molecule has 0 aliphatic heterocycles. The number of nitrogens with one attached hydrogen (secondary N) is 3. The number of carbonyl (C=O) groups is 1. The molecule has 0 atom stereocenters. The largest absolute Gasteiger partial charge is 0.340 e. The van der Waals surface area contributed by atoms with Crippen molar-refractivity contribution in [1.82, 2.24) is 15.0 Å². The molecular formula is C16H20N4O3S. The van der Waals surface area contributed by atoms with Gasteiger partial charge >= 0.3 is 6.03 Å². The van der Waals surface area contributed by atoms with E-state index in [4.69, 9.17) is 0 Å². The monoisotopic (exact) mass is 348 g/mol. The molecule has 0 unspecified atom stereocenters. The van der Waals surface area contributed by atoms with E-state index in [1.807, 2.05) is 17.7 Å². The minimum Gasteiger partial charge on any atom is -0.340 e. The zero-order valence-corrected chi connectivity index (χ0v) is 14.4. The number of hydrogen-bond acceptors (Lipinski definition) is 5. The average Bonchev–Trinajstić information content (AvgIpc) is 2.55. The van der Waals surface area contributed by atoms with Gasteiger partial charge in [-0.25, -0.2) is 22.9 Å². The molecule has 8 heteroatoms. The summed E-state index contributed by atoms with van der Waals surface area (Å²) in [6.07, 6.45) is 2.16. The molecule has 2 amide bonds. The van der Waals surface area contributed by atoms with Crippen LogP contribution in [-0.4, -0.2) is 26.0 Å². The van der Waals surface area contributed by atoms with Crippen LogP contribution in [0, 0.1) is 0 Å². The van der Waals surface area contributed by atoms with Crippen LogP contribution in [0.4, 0.5) is 16.3 Å². The summed E-state index contributed by atoms with van der Waals surface area (Å²) in [6.45, 7) is 3.90. The molecular weight excluding hydrogens is 328 g/mol. The molecule has 2 rings (SSSR count). The maximum Gasteiger partial charge on any atom is 0.328 e. The van der Waals surface area contributed by atoms with Crippen molar-refractivity contribution in [2.45, 2.75) is 25.2 Å². The summed E-state index contributed by atoms with van der Waals surface area (Å²) in [6, 6.07) is 9.63. The molecule has 0 aliphatic carbocycles. The Morgan fingerprint density at radius 1 is 1.17 bits per heavy atom. The fraction of sp³-hybridized carbons (Fsp3) is 0.250. The van der Waals surface area contributed by atoms with E-state index in [-0.39, 0.29) is 4.90 Å². The first-order valence-electron chi connectivity index (χ1n) is 7.58. The predicted octanol–water partition coefficient (Wildman–Crippen LogP) is 2.40. The van der Waals surface area contributed by atoms with Crippen molar-refractivity contribution in [3.63, 3.8) is 0 Å². The van der Waals surface area contributed by atoms with Crippen LogP contribution in [0.25, 0.3) is 0 Å². The van der Waals surface area contributed by atoms with E-state index < -0.39 is 16.1 Å². The Labute approximate surface area is 141 Å². The van der Waals surface area contributed by atoms with Crippen LogP contribution < -0.4 is 15.4 Å². The third-order valence-electron chi connectivity index (χ3n) is 3.24. The van der Waals surface area contributed by atoms with Gasteiger partial charge in [-0.05, 0) is 43.2 Å². The lowest BCUT2D eigenvalue weighted by molar-refractivity contribution is 0.246. The van der Waals surface area contributed by atoms with Crippen molar-refractivity contribution in [3.8, 4) is 0 Å². The summed E-state index contributed by atoms with van der Waals surface area (Å²) in [4.78, 5) is 15.8. The van der Waals surface area contributed by atoms with Crippen LogP contribution in [0.5, 0.6) is 0 Å². The van der Waals surface area contributed by atoms with Crippen LogP contribution in [0.3, 0.4) is 0 Å². The molecule has 1 aromatic carbocycles. The number of aromatic nitrogens is 1. The molecule has 0 saturated carbocycles. The first-order chi connectivity index (χ1) is 11.5. The highest BCUT2D eigenvalue weighted by Gasteiger charge is 2.21. The average molecular weight is 348 g/mol. The van der Waals surface area contributed by atoms with Crippen LogP contribution in [0.15, 0.2) is 47.5 Å². The Morgan fingerprint density at radius 3 is 2.58 bits per heavy atom. The Hall–Kier alpha value is -2.61. The maximum atomic E-state index is 12.5. The maximum absolute atomic E-state index is 12.5. The van der Waals surface area contributed by atoms with E-state index in [1.54, 1.807) is 37.4 Å². The summed E-state index contributed by atoms with van der Waals surface area (Å²) >= 11 is 0. The first-order valence-corrected chi connectivity index (χ1v) is 9.06. The fourth-order valence-electron chi connectivity index (χ4n) is 2.13. The van der Waals surface area contributed by atoms with Crippen LogP contribution in [0.1, 0.15) is 19.4 Å². The minimum absolute atomic E-state index is 0.0668. The van der Waals surface area contributed by atoms with Gasteiger partial charge in [0.15, 0.2) is 0 Å². The molecule has 2 aromatic rings. The van der Waals surface area contributed by atoms with Crippen molar-refractivity contribution in [1.29, 1.82) is 0 Å². The highest BCUT2D eigenvalue weighted by molar-refractivity contribution is 7.90. The van der Waals surface area contributed by atoms with Gasteiger partial charge in [-0.15, -0.1) is 0 Å². The lowest BCUT2D eigenvalue weighted by Crippen LogP contribution is -2.39. The number of rotatable bonds is 6. The Bertz CT molecular complexity index is 807. The Kier molecular flexibility index (Phi) is 5.75. The number of sulfonamides is 1. The van der Waals surface area contributed by atoms with Crippen LogP contribution >= 0.6 is 0 Å². The van der Waals surface area contributed by atoms with Crippen molar-refractivity contribution in [2.24, 2.45) is 0 Å². The van der Waals surface area contributed by atoms with Gasteiger partial charge < -0.3 is 10.6 Å². The first kappa shape index (κ1) is 17.7. The standard InChI is InChI=1S/C16H20N4O3S/c1-3-12-8-9-13(19-15-7-5-6-10-18-15)11-14(12)24(22,23)20-16(21)17-4-2/h5-11H,3-4H2,1-2H3,(H,18,19)(H2,17,20,21). The molecule has 0 spiro atoms. The van der Waals surface area contributed by atoms with Crippen molar-refractivity contribution < 1.29 is 13.2 Å². The van der Waals surface area contributed by atoms with Gasteiger partial charge in [0.25, 0.3) is 10.0 Å². The summed E-state index contributed by atoms with van der Waals surface area (Å²) in [5, 5.41) is 5.45. The molecule has 0 fully saturated rings. The molecule has 0 radical (unpaired) electrons. The quantitative estimate of drug-likeness (QED) is 0.744. The number of nitrogens with zero attached hydrogens (tertiary/aromatic N) is 1. The highest BCUT2D eigenvalue weighted by Crippen LogP contribution is 2.23. The van der Waals surface area contributed by atoms with Crippen molar-refractivity contribution in [2.75, 3.05) is 11.9 Å². The zero-order chi connectivity index (χ0) is 17.6. The fourth-order valence-corrected chi connectivity index (χ4v) is 3.40. The number of urea groups is 1. The summed E-state index contributed by atoms with van der Waals surface area (Å²) in [5.74, 6) is 0.599. The van der Waals surface area contributed by atoms with E-state index in [1.165, 1.54) is 6.07 Å². The van der Waals surface area contributed by atoms with Gasteiger partial charge in [0.2, 0.25) is 0 Å². The second-order valence-electron chi connectivity index (χ2n) is 4.98. The molecule has 128 valence electrons. The second-order valence-corrected chi connectivity index (χ2v) is 6.63. The lowest BCUT2D eigenvalue weighted by atomic mass is 10.1. The van der Waals surface area contributed by atoms with Gasteiger partial charge in [0.05, 0.1) is 4.90 Å². The smallest absolute Gasteiger partial charge is 0.328 e. The third-order valence-corrected chi connectivity index (χ3v) is 4.65. The molecule has 24 heavy (non-hydrogen) atoms. The topological polar surface area (TPSA) is 100 Å². The number of pyridine rings is 1. The number of benzene rings is 1. The molecule has 7 nitrogen and oxygen atoms in total. The van der Waals surface area contributed by atoms with Gasteiger partial charge in [0.1, 0.15) is 5.82 Å². The molecule has 0 saturated heterocycles. The van der Waals surface area contributed by atoms with Gasteiger partial charge in [-0.2, -0.15) is 0 Å². The summed E-state index contributed by atoms with van der Waals surface area (Å²) in [7, 11) is -3.96. The molecule has 0 bridgehead atoms. The van der Waals surface area contributed by atoms with E-state index in [0.29, 0.717) is 30.0 Å². The van der Waals surface area contributed by atoms with E-state index in [9.17, 15) is 13.2 Å². The predicted molar refractivity (Wildman–Crippen MR) is 92.7 cm³/mol. The molecule has 1 heterocycles. The molecule has 0 aliphatic rings. The number of anilines is 2. The van der Waals surface area contributed by atoms with Crippen LogP contribution in [-0.2, 0) is 16.4 Å². The highest BCUT2D eigenvalue weighted by atomic mass is 32.2. The Balaban J connectivity index is 2.33. The lowest BCUT2D eigenvalue weighted by Gasteiger charge is -2.13. The van der Waals surface area contributed by atoms with Gasteiger partial charge in [-0.3, -0.25) is 0 Å². The van der Waals surface area contributed by atoms with Gasteiger partial charge in [-0.1, -0.05) is 19.1 Å².